The van der Waals surface area contributed by atoms with Gasteiger partial charge in [-0.05, 0) is 100 Å². The quantitative estimate of drug-likeness (QED) is 0.174. The maximum atomic E-state index is 2.50. The third kappa shape index (κ3) is 4.38. The highest BCUT2D eigenvalue weighted by Crippen LogP contribution is 2.46. The smallest absolute Gasteiger partial charge is 0.0641 e. The number of rotatable bonds is 5. The Balaban J connectivity index is 1.08. The number of para-hydroxylation sites is 3. The third-order valence-corrected chi connectivity index (χ3v) is 11.6. The fraction of sp³-hybridized carbons (Fsp3) is 0. The van der Waals surface area contributed by atoms with E-state index in [0.717, 1.165) is 22.7 Å². The highest BCUT2D eigenvalue weighted by molar-refractivity contribution is 6.33. The van der Waals surface area contributed by atoms with E-state index in [0.29, 0.717) is 0 Å². The highest BCUT2D eigenvalue weighted by Gasteiger charge is 2.23. The Kier molecular flexibility index (Phi) is 6.34. The van der Waals surface area contributed by atoms with Crippen molar-refractivity contribution in [2.75, 3.05) is 4.90 Å². The van der Waals surface area contributed by atoms with Gasteiger partial charge in [0.2, 0.25) is 0 Å². The molecule has 12 rings (SSSR count). The molecule has 0 saturated carbocycles. The summed E-state index contributed by atoms with van der Waals surface area (Å²) < 4.78 is 4.97. The fourth-order valence-electron chi connectivity index (χ4n) is 9.22. The van der Waals surface area contributed by atoms with Crippen LogP contribution in [0.25, 0.3) is 87.5 Å². The van der Waals surface area contributed by atoms with Crippen LogP contribution < -0.4 is 4.90 Å². The Hall–Kier alpha value is -7.36. The van der Waals surface area contributed by atoms with Crippen molar-refractivity contribution in [3.63, 3.8) is 0 Å². The zero-order chi connectivity index (χ0) is 36.0. The van der Waals surface area contributed by atoms with Crippen molar-refractivity contribution in [3.05, 3.63) is 200 Å². The van der Waals surface area contributed by atoms with Crippen LogP contribution in [-0.4, -0.2) is 8.97 Å². The van der Waals surface area contributed by atoms with Crippen molar-refractivity contribution < 1.29 is 0 Å². The first-order valence-corrected chi connectivity index (χ1v) is 18.9. The van der Waals surface area contributed by atoms with E-state index >= 15 is 0 Å². The summed E-state index contributed by atoms with van der Waals surface area (Å²) in [4.78, 5) is 2.36. The van der Waals surface area contributed by atoms with Crippen LogP contribution in [0, 0.1) is 0 Å². The van der Waals surface area contributed by atoms with Gasteiger partial charge in [-0.2, -0.15) is 0 Å². The standard InChI is InChI=1S/C52H33N3/c1-2-14-38(15-3-1)53(39-28-26-35(27-29-39)37-25-24-34-12-4-5-13-36(34)32-37)40-16-10-17-41(33-40)54-48-23-11-20-44-42-18-6-8-21-46(42)55-47-22-9-7-19-43(47)45-30-31-49(54)51(50(44)48)52(45)55/h1-33H. The van der Waals surface area contributed by atoms with Crippen LogP contribution in [0.2, 0.25) is 0 Å². The van der Waals surface area contributed by atoms with Crippen LogP contribution in [0.3, 0.4) is 0 Å². The van der Waals surface area contributed by atoms with Gasteiger partial charge in [0, 0.05) is 49.7 Å². The Morgan fingerprint density at radius 1 is 0.327 bits per heavy atom. The Labute approximate surface area is 317 Å². The van der Waals surface area contributed by atoms with E-state index < -0.39 is 0 Å². The molecule has 0 aliphatic heterocycles. The predicted molar refractivity (Wildman–Crippen MR) is 233 cm³/mol. The molecule has 3 heteroatoms. The van der Waals surface area contributed by atoms with E-state index in [9.17, 15) is 0 Å². The number of anilines is 3. The van der Waals surface area contributed by atoms with E-state index in [-0.39, 0.29) is 0 Å². The molecule has 0 atom stereocenters. The average molecular weight is 700 g/mol. The molecule has 0 aliphatic rings. The summed E-state index contributed by atoms with van der Waals surface area (Å²) in [5.41, 5.74) is 13.0. The number of nitrogens with zero attached hydrogens (tertiary/aromatic N) is 3. The van der Waals surface area contributed by atoms with Crippen molar-refractivity contribution in [1.29, 1.82) is 0 Å². The van der Waals surface area contributed by atoms with Crippen LogP contribution >= 0.6 is 0 Å². The van der Waals surface area contributed by atoms with Gasteiger partial charge in [0.05, 0.1) is 27.6 Å². The molecule has 55 heavy (non-hydrogen) atoms. The number of aromatic nitrogens is 2. The van der Waals surface area contributed by atoms with Crippen LogP contribution in [0.5, 0.6) is 0 Å². The Bertz CT molecular complexity index is 3420. The first-order valence-electron chi connectivity index (χ1n) is 18.9. The summed E-state index contributed by atoms with van der Waals surface area (Å²) in [6.45, 7) is 0. The number of benzene rings is 9. The summed E-state index contributed by atoms with van der Waals surface area (Å²) in [6, 6.07) is 73.2. The van der Waals surface area contributed by atoms with Crippen LogP contribution in [0.4, 0.5) is 17.1 Å². The summed E-state index contributed by atoms with van der Waals surface area (Å²) in [5.74, 6) is 0. The zero-order valence-electron chi connectivity index (χ0n) is 29.9. The summed E-state index contributed by atoms with van der Waals surface area (Å²) in [7, 11) is 0. The van der Waals surface area contributed by atoms with E-state index in [2.05, 4.69) is 214 Å². The van der Waals surface area contributed by atoms with Crippen molar-refractivity contribution in [2.24, 2.45) is 0 Å². The molecule has 0 aliphatic carbocycles. The van der Waals surface area contributed by atoms with E-state index in [1.165, 1.54) is 81.8 Å². The molecule has 0 radical (unpaired) electrons. The van der Waals surface area contributed by atoms with Crippen molar-refractivity contribution >= 4 is 87.7 Å². The summed E-state index contributed by atoms with van der Waals surface area (Å²) >= 11 is 0. The van der Waals surface area contributed by atoms with Crippen molar-refractivity contribution in [2.45, 2.75) is 0 Å². The molecular weight excluding hydrogens is 667 g/mol. The molecule has 256 valence electrons. The van der Waals surface area contributed by atoms with Crippen molar-refractivity contribution in [3.8, 4) is 16.8 Å². The lowest BCUT2D eigenvalue weighted by Crippen LogP contribution is -2.10. The monoisotopic (exact) mass is 699 g/mol. The van der Waals surface area contributed by atoms with Gasteiger partial charge in [0.15, 0.2) is 0 Å². The number of fused-ring (bicyclic) bond motifs is 7. The van der Waals surface area contributed by atoms with E-state index in [4.69, 9.17) is 0 Å². The van der Waals surface area contributed by atoms with Gasteiger partial charge < -0.3 is 13.9 Å². The Morgan fingerprint density at radius 3 is 1.75 bits per heavy atom. The highest BCUT2D eigenvalue weighted by atomic mass is 15.1. The molecule has 0 saturated heterocycles. The largest absolute Gasteiger partial charge is 0.310 e. The van der Waals surface area contributed by atoms with Crippen LogP contribution in [0.15, 0.2) is 200 Å². The predicted octanol–water partition coefficient (Wildman–Crippen LogP) is 14.2. The van der Waals surface area contributed by atoms with Gasteiger partial charge >= 0.3 is 0 Å². The first kappa shape index (κ1) is 30.1. The van der Waals surface area contributed by atoms with Crippen LogP contribution in [0.1, 0.15) is 0 Å². The Morgan fingerprint density at radius 2 is 0.927 bits per heavy atom. The molecule has 0 fully saturated rings. The van der Waals surface area contributed by atoms with E-state index in [1.54, 1.807) is 0 Å². The van der Waals surface area contributed by atoms with Gasteiger partial charge in [-0.1, -0.05) is 127 Å². The topological polar surface area (TPSA) is 12.6 Å². The minimum Gasteiger partial charge on any atom is -0.310 e. The second-order valence-corrected chi connectivity index (χ2v) is 14.6. The minimum absolute atomic E-state index is 1.10. The minimum atomic E-state index is 1.10. The van der Waals surface area contributed by atoms with Gasteiger partial charge in [0.1, 0.15) is 0 Å². The zero-order valence-corrected chi connectivity index (χ0v) is 29.9. The second kappa shape index (κ2) is 11.6. The number of hydrogen-bond acceptors (Lipinski definition) is 1. The van der Waals surface area contributed by atoms with E-state index in [1.807, 2.05) is 0 Å². The SMILES string of the molecule is c1ccc(N(c2ccc(-c3ccc4ccccc4c3)cc2)c2cccc(-n3c4cccc5c6ccccc6n6c7ccccc7c7ccc3c(c54)c76)c2)cc1. The first-order chi connectivity index (χ1) is 27.3. The summed E-state index contributed by atoms with van der Waals surface area (Å²) in [5, 5.41) is 10.2. The molecule has 9 aromatic carbocycles. The van der Waals surface area contributed by atoms with Gasteiger partial charge in [-0.3, -0.25) is 0 Å². The normalized spacial score (nSPS) is 12.0. The van der Waals surface area contributed by atoms with Crippen molar-refractivity contribution in [1.82, 2.24) is 8.97 Å². The molecule has 0 bridgehead atoms. The second-order valence-electron chi connectivity index (χ2n) is 14.6. The average Bonchev–Trinajstić information content (AvgIpc) is 3.73. The van der Waals surface area contributed by atoms with Gasteiger partial charge in [-0.25, -0.2) is 0 Å². The number of hydrogen-bond donors (Lipinski definition) is 0. The molecule has 3 nitrogen and oxygen atoms in total. The lowest BCUT2D eigenvalue weighted by atomic mass is 10.0. The van der Waals surface area contributed by atoms with Crippen LogP contribution in [-0.2, 0) is 0 Å². The van der Waals surface area contributed by atoms with Gasteiger partial charge in [-0.15, -0.1) is 0 Å². The lowest BCUT2D eigenvalue weighted by Gasteiger charge is -2.26. The maximum absolute atomic E-state index is 2.50. The molecule has 0 unspecified atom stereocenters. The molecular formula is C52H33N3. The molecule has 0 spiro atoms. The molecule has 3 heterocycles. The summed E-state index contributed by atoms with van der Waals surface area (Å²) in [6.07, 6.45) is 0. The lowest BCUT2D eigenvalue weighted by molar-refractivity contribution is 1.17. The third-order valence-electron chi connectivity index (χ3n) is 11.6. The molecule has 3 aromatic heterocycles. The molecule has 12 aromatic rings. The maximum Gasteiger partial charge on any atom is 0.0641 e. The fourth-order valence-corrected chi connectivity index (χ4v) is 9.22. The molecule has 0 N–H and O–H groups in total. The molecule has 0 amide bonds. The van der Waals surface area contributed by atoms with Gasteiger partial charge in [0.25, 0.3) is 0 Å².